The molecule has 0 bridgehead atoms. The van der Waals surface area contributed by atoms with Gasteiger partial charge in [-0.3, -0.25) is 9.59 Å². The van der Waals surface area contributed by atoms with Crippen molar-refractivity contribution < 1.29 is 14.3 Å². The largest absolute Gasteiger partial charge is 0.494 e. The van der Waals surface area contributed by atoms with Gasteiger partial charge in [0.2, 0.25) is 11.8 Å². The van der Waals surface area contributed by atoms with Crippen LogP contribution < -0.4 is 21.1 Å². The number of methoxy groups -OCH3 is 1. The average Bonchev–Trinajstić information content (AvgIpc) is 2.38. The Hall–Kier alpha value is -2.08. The molecule has 1 aromatic rings. The Balaban J connectivity index is 2.88. The van der Waals surface area contributed by atoms with Crippen molar-refractivity contribution in [3.63, 3.8) is 0 Å². The minimum absolute atomic E-state index is 0.0514. The highest BCUT2D eigenvalue weighted by atomic mass is 16.5. The van der Waals surface area contributed by atoms with E-state index in [0.29, 0.717) is 17.1 Å². The molecule has 1 rings (SSSR count). The topological polar surface area (TPSA) is 93.4 Å². The van der Waals surface area contributed by atoms with Gasteiger partial charge in [-0.15, -0.1) is 0 Å². The first kappa shape index (κ1) is 16.0. The molecule has 20 heavy (non-hydrogen) atoms. The van der Waals surface area contributed by atoms with Gasteiger partial charge in [0.1, 0.15) is 5.75 Å². The van der Waals surface area contributed by atoms with Crippen molar-refractivity contribution in [3.05, 3.63) is 18.2 Å². The third-order valence-electron chi connectivity index (χ3n) is 2.80. The summed E-state index contributed by atoms with van der Waals surface area (Å²) in [6.45, 7) is 5.17. The molecule has 6 heteroatoms. The Bertz CT molecular complexity index is 500. The Morgan fingerprint density at radius 2 is 1.90 bits per heavy atom. The predicted octanol–water partition coefficient (Wildman–Crippen LogP) is 1.58. The number of benzene rings is 1. The molecule has 0 radical (unpaired) electrons. The number of hydrogen-bond donors (Lipinski definition) is 3. The molecular formula is C14H21N3O3. The lowest BCUT2D eigenvalue weighted by Gasteiger charge is -2.16. The molecule has 0 aliphatic rings. The second kappa shape index (κ2) is 6.91. The maximum atomic E-state index is 11.9. The molecule has 1 atom stereocenters. The highest BCUT2D eigenvalue weighted by Crippen LogP contribution is 2.28. The lowest BCUT2D eigenvalue weighted by atomic mass is 10.0. The number of rotatable bonds is 5. The van der Waals surface area contributed by atoms with E-state index in [9.17, 15) is 9.59 Å². The molecule has 0 heterocycles. The summed E-state index contributed by atoms with van der Waals surface area (Å²) in [5.74, 6) is 0.0721. The van der Waals surface area contributed by atoms with Gasteiger partial charge in [0, 0.05) is 18.7 Å². The van der Waals surface area contributed by atoms with Crippen LogP contribution in [0.15, 0.2) is 18.2 Å². The fourth-order valence-electron chi connectivity index (χ4n) is 1.59. The molecular weight excluding hydrogens is 258 g/mol. The highest BCUT2D eigenvalue weighted by molar-refractivity contribution is 5.96. The minimum atomic E-state index is -0.573. The van der Waals surface area contributed by atoms with Crippen molar-refractivity contribution >= 4 is 23.2 Å². The number of nitrogens with one attached hydrogen (secondary N) is 2. The monoisotopic (exact) mass is 279 g/mol. The Kier molecular flexibility index (Phi) is 5.52. The molecule has 0 aromatic heterocycles. The third-order valence-corrected chi connectivity index (χ3v) is 2.80. The lowest BCUT2D eigenvalue weighted by Crippen LogP contribution is -2.39. The van der Waals surface area contributed by atoms with Gasteiger partial charge in [-0.2, -0.15) is 0 Å². The summed E-state index contributed by atoms with van der Waals surface area (Å²) in [4.78, 5) is 22.9. The maximum absolute atomic E-state index is 11.9. The first-order valence-electron chi connectivity index (χ1n) is 6.37. The number of nitrogens with two attached hydrogens (primary N) is 1. The van der Waals surface area contributed by atoms with Gasteiger partial charge < -0.3 is 21.1 Å². The molecule has 0 fully saturated rings. The molecule has 0 aliphatic carbocycles. The van der Waals surface area contributed by atoms with Crippen molar-refractivity contribution in [3.8, 4) is 5.75 Å². The molecule has 0 spiro atoms. The van der Waals surface area contributed by atoms with Crippen LogP contribution in [0.4, 0.5) is 11.4 Å². The first-order chi connectivity index (χ1) is 9.35. The fraction of sp³-hybridized carbons (Fsp3) is 0.429. The van der Waals surface area contributed by atoms with Crippen LogP contribution in [0.5, 0.6) is 5.75 Å². The average molecular weight is 279 g/mol. The van der Waals surface area contributed by atoms with E-state index < -0.39 is 6.04 Å². The minimum Gasteiger partial charge on any atom is -0.494 e. The van der Waals surface area contributed by atoms with Gasteiger partial charge in [-0.25, -0.2) is 0 Å². The van der Waals surface area contributed by atoms with Crippen molar-refractivity contribution in [1.82, 2.24) is 0 Å². The van der Waals surface area contributed by atoms with E-state index in [4.69, 9.17) is 10.5 Å². The molecule has 110 valence electrons. The zero-order valence-electron chi connectivity index (χ0n) is 12.2. The van der Waals surface area contributed by atoms with E-state index in [0.717, 1.165) is 0 Å². The number of hydrogen-bond acceptors (Lipinski definition) is 4. The third kappa shape index (κ3) is 4.24. The van der Waals surface area contributed by atoms with Gasteiger partial charge >= 0.3 is 0 Å². The van der Waals surface area contributed by atoms with E-state index in [2.05, 4.69) is 10.6 Å². The maximum Gasteiger partial charge on any atom is 0.241 e. The van der Waals surface area contributed by atoms with Crippen LogP contribution in [0.2, 0.25) is 0 Å². The number of carbonyl (C=O) groups is 2. The van der Waals surface area contributed by atoms with Crippen LogP contribution in [-0.4, -0.2) is 25.0 Å². The van der Waals surface area contributed by atoms with Crippen LogP contribution in [0.25, 0.3) is 0 Å². The van der Waals surface area contributed by atoms with Crippen LogP contribution in [-0.2, 0) is 9.59 Å². The SMILES string of the molecule is COc1cc(NC(=O)[C@@H](N)C(C)C)ccc1NC(C)=O. The van der Waals surface area contributed by atoms with E-state index in [1.165, 1.54) is 14.0 Å². The van der Waals surface area contributed by atoms with Crippen molar-refractivity contribution in [2.24, 2.45) is 11.7 Å². The zero-order chi connectivity index (χ0) is 15.3. The van der Waals surface area contributed by atoms with Gasteiger partial charge in [-0.1, -0.05) is 13.8 Å². The molecule has 2 amide bonds. The van der Waals surface area contributed by atoms with Crippen LogP contribution in [0, 0.1) is 5.92 Å². The van der Waals surface area contributed by atoms with Gasteiger partial charge in [0.15, 0.2) is 0 Å². The molecule has 4 N–H and O–H groups in total. The van der Waals surface area contributed by atoms with E-state index in [1.54, 1.807) is 18.2 Å². The summed E-state index contributed by atoms with van der Waals surface area (Å²) in [6, 6.07) is 4.40. The second-order valence-corrected chi connectivity index (χ2v) is 4.86. The number of anilines is 2. The summed E-state index contributed by atoms with van der Waals surface area (Å²) < 4.78 is 5.18. The predicted molar refractivity (Wildman–Crippen MR) is 78.7 cm³/mol. The highest BCUT2D eigenvalue weighted by Gasteiger charge is 2.17. The molecule has 0 unspecified atom stereocenters. The first-order valence-corrected chi connectivity index (χ1v) is 6.37. The van der Waals surface area contributed by atoms with Gasteiger partial charge in [0.25, 0.3) is 0 Å². The summed E-state index contributed by atoms with van der Waals surface area (Å²) in [5.41, 5.74) is 6.89. The summed E-state index contributed by atoms with van der Waals surface area (Å²) in [6.07, 6.45) is 0. The van der Waals surface area contributed by atoms with E-state index in [-0.39, 0.29) is 17.7 Å². The smallest absolute Gasteiger partial charge is 0.241 e. The van der Waals surface area contributed by atoms with E-state index >= 15 is 0 Å². The molecule has 0 aliphatic heterocycles. The Morgan fingerprint density at radius 3 is 2.40 bits per heavy atom. The van der Waals surface area contributed by atoms with Gasteiger partial charge in [-0.05, 0) is 18.1 Å². The Morgan fingerprint density at radius 1 is 1.25 bits per heavy atom. The molecule has 6 nitrogen and oxygen atoms in total. The number of amides is 2. The summed E-state index contributed by atoms with van der Waals surface area (Å²) >= 11 is 0. The van der Waals surface area contributed by atoms with Crippen molar-refractivity contribution in [1.29, 1.82) is 0 Å². The normalized spacial score (nSPS) is 11.9. The Labute approximate surface area is 118 Å². The van der Waals surface area contributed by atoms with Gasteiger partial charge in [0.05, 0.1) is 18.8 Å². The van der Waals surface area contributed by atoms with Crippen LogP contribution >= 0.6 is 0 Å². The van der Waals surface area contributed by atoms with Crippen molar-refractivity contribution in [2.75, 3.05) is 17.7 Å². The van der Waals surface area contributed by atoms with Crippen LogP contribution in [0.3, 0.4) is 0 Å². The lowest BCUT2D eigenvalue weighted by molar-refractivity contribution is -0.118. The fourth-order valence-corrected chi connectivity index (χ4v) is 1.59. The second-order valence-electron chi connectivity index (χ2n) is 4.86. The molecule has 0 saturated carbocycles. The molecule has 1 aromatic carbocycles. The molecule has 0 saturated heterocycles. The number of carbonyl (C=O) groups excluding carboxylic acids is 2. The zero-order valence-corrected chi connectivity index (χ0v) is 12.2. The summed E-state index contributed by atoms with van der Waals surface area (Å²) in [5, 5.41) is 5.37. The number of ether oxygens (including phenoxy) is 1. The van der Waals surface area contributed by atoms with E-state index in [1.807, 2.05) is 13.8 Å². The standard InChI is InChI=1S/C14H21N3O3/c1-8(2)13(15)14(19)17-10-5-6-11(16-9(3)18)12(7-10)20-4/h5-8,13H,15H2,1-4H3,(H,16,18)(H,17,19)/t13-/m0/s1. The quantitative estimate of drug-likeness (QED) is 0.762. The van der Waals surface area contributed by atoms with Crippen molar-refractivity contribution in [2.45, 2.75) is 26.8 Å². The summed E-state index contributed by atoms with van der Waals surface area (Å²) in [7, 11) is 1.49. The van der Waals surface area contributed by atoms with Crippen LogP contribution in [0.1, 0.15) is 20.8 Å².